The highest BCUT2D eigenvalue weighted by Gasteiger charge is 1.95. The first kappa shape index (κ1) is 10.8. The Morgan fingerprint density at radius 1 is 1.38 bits per heavy atom. The van der Waals surface area contributed by atoms with E-state index in [9.17, 15) is 0 Å². The van der Waals surface area contributed by atoms with Crippen LogP contribution >= 0.6 is 0 Å². The first-order valence-electron chi connectivity index (χ1n) is 2.82. The van der Waals surface area contributed by atoms with Crippen molar-refractivity contribution in [2.24, 2.45) is 0 Å². The Morgan fingerprint density at radius 2 is 1.75 bits per heavy atom. The summed E-state index contributed by atoms with van der Waals surface area (Å²) in [7, 11) is -0.0988. The van der Waals surface area contributed by atoms with Gasteiger partial charge in [-0.3, -0.25) is 4.70 Å². The molecule has 0 nitrogen and oxygen atoms in total. The van der Waals surface area contributed by atoms with Crippen LogP contribution in [0.15, 0.2) is 12.3 Å². The van der Waals surface area contributed by atoms with Crippen LogP contribution in [0, 0.1) is 0 Å². The molecule has 8 heavy (non-hydrogen) atoms. The van der Waals surface area contributed by atoms with Crippen molar-refractivity contribution in [3.8, 4) is 0 Å². The molecule has 0 bridgehead atoms. The van der Waals surface area contributed by atoms with Crippen molar-refractivity contribution in [3.63, 3.8) is 0 Å². The summed E-state index contributed by atoms with van der Waals surface area (Å²) < 4.78 is 0. The van der Waals surface area contributed by atoms with Gasteiger partial charge in [-0.1, -0.05) is 25.9 Å². The Kier molecular flexibility index (Phi) is 9.29. The second-order valence-corrected chi connectivity index (χ2v) is 4.71. The van der Waals surface area contributed by atoms with Gasteiger partial charge in [-0.15, -0.1) is 12.3 Å². The standard InChI is InChI=1S/C6H13Si.FH/c1-4-7(5-2)6-3;/h4H,1,5-6H2,2-3H3;1H. The summed E-state index contributed by atoms with van der Waals surface area (Å²) in [5.41, 5.74) is 2.13. The van der Waals surface area contributed by atoms with Crippen LogP contribution in [-0.4, -0.2) is 8.80 Å². The van der Waals surface area contributed by atoms with E-state index in [0.29, 0.717) is 0 Å². The summed E-state index contributed by atoms with van der Waals surface area (Å²) in [5.74, 6) is 0. The van der Waals surface area contributed by atoms with Crippen LogP contribution in [0.4, 0.5) is 4.70 Å². The van der Waals surface area contributed by atoms with Crippen LogP contribution in [0.3, 0.4) is 0 Å². The van der Waals surface area contributed by atoms with E-state index < -0.39 is 0 Å². The molecule has 0 amide bonds. The minimum Gasteiger partial charge on any atom is -0.269 e. The maximum absolute atomic E-state index is 3.75. The van der Waals surface area contributed by atoms with E-state index in [1.165, 1.54) is 12.1 Å². The monoisotopic (exact) mass is 133 g/mol. The van der Waals surface area contributed by atoms with Gasteiger partial charge in [0.15, 0.2) is 0 Å². The summed E-state index contributed by atoms with van der Waals surface area (Å²) in [6.07, 6.45) is 0. The van der Waals surface area contributed by atoms with E-state index in [0.717, 1.165) is 0 Å². The fraction of sp³-hybridized carbons (Fsp3) is 0.667. The van der Waals surface area contributed by atoms with E-state index in [1.54, 1.807) is 0 Å². The van der Waals surface area contributed by atoms with Crippen LogP contribution < -0.4 is 0 Å². The molecule has 0 spiro atoms. The molecule has 49 valence electrons. The Balaban J connectivity index is 0. The summed E-state index contributed by atoms with van der Waals surface area (Å²) in [4.78, 5) is 0. The molecular formula is C6H14FSi. The lowest BCUT2D eigenvalue weighted by atomic mass is 10.9. The molecule has 0 saturated carbocycles. The van der Waals surface area contributed by atoms with Crippen molar-refractivity contribution in [2.75, 3.05) is 0 Å². The summed E-state index contributed by atoms with van der Waals surface area (Å²) in [6.45, 7) is 8.22. The smallest absolute Gasteiger partial charge is 0.0744 e. The van der Waals surface area contributed by atoms with Crippen molar-refractivity contribution in [1.82, 2.24) is 0 Å². The van der Waals surface area contributed by atoms with Gasteiger partial charge < -0.3 is 0 Å². The fourth-order valence-corrected chi connectivity index (χ4v) is 1.62. The average molecular weight is 133 g/mol. The first-order valence-corrected chi connectivity index (χ1v) is 4.81. The highest BCUT2D eigenvalue weighted by atomic mass is 28.3. The molecule has 0 saturated heterocycles. The van der Waals surface area contributed by atoms with Crippen molar-refractivity contribution >= 4 is 8.80 Å². The van der Waals surface area contributed by atoms with Gasteiger partial charge in [0, 0.05) is 0 Å². The molecule has 0 aromatic rings. The average Bonchev–Trinajstić information content (AvgIpc) is 1.72. The van der Waals surface area contributed by atoms with Crippen molar-refractivity contribution < 1.29 is 4.70 Å². The van der Waals surface area contributed by atoms with Crippen LogP contribution in [0.25, 0.3) is 0 Å². The third-order valence-corrected chi connectivity index (χ3v) is 3.59. The van der Waals surface area contributed by atoms with Gasteiger partial charge in [0.25, 0.3) is 0 Å². The zero-order chi connectivity index (χ0) is 5.70. The molecule has 0 aromatic carbocycles. The summed E-state index contributed by atoms with van der Waals surface area (Å²) in [6, 6.07) is 2.68. The molecule has 0 aliphatic heterocycles. The van der Waals surface area contributed by atoms with Crippen LogP contribution in [0.1, 0.15) is 13.8 Å². The molecule has 0 heterocycles. The fourth-order valence-electron chi connectivity index (χ4n) is 0.539. The van der Waals surface area contributed by atoms with Crippen LogP contribution in [0.2, 0.25) is 12.1 Å². The Hall–Kier alpha value is -0.113. The maximum Gasteiger partial charge on any atom is 0.0744 e. The zero-order valence-corrected chi connectivity index (χ0v) is 6.61. The van der Waals surface area contributed by atoms with Gasteiger partial charge >= 0.3 is 0 Å². The van der Waals surface area contributed by atoms with Crippen molar-refractivity contribution in [1.29, 1.82) is 0 Å². The minimum absolute atomic E-state index is 0. The molecule has 0 aliphatic rings. The van der Waals surface area contributed by atoms with Gasteiger partial charge in [0.2, 0.25) is 0 Å². The predicted octanol–water partition coefficient (Wildman–Crippen LogP) is 2.40. The quantitative estimate of drug-likeness (QED) is 0.519. The van der Waals surface area contributed by atoms with Gasteiger partial charge in [0.05, 0.1) is 8.80 Å². The predicted molar refractivity (Wildman–Crippen MR) is 39.4 cm³/mol. The minimum atomic E-state index is -0.0988. The molecule has 0 aromatic heterocycles. The number of hydrogen-bond donors (Lipinski definition) is 0. The van der Waals surface area contributed by atoms with Crippen molar-refractivity contribution in [2.45, 2.75) is 25.9 Å². The third kappa shape index (κ3) is 4.06. The molecule has 2 heteroatoms. The molecular weight excluding hydrogens is 119 g/mol. The second kappa shape index (κ2) is 6.89. The van der Waals surface area contributed by atoms with E-state index in [2.05, 4.69) is 26.1 Å². The topological polar surface area (TPSA) is 0 Å². The van der Waals surface area contributed by atoms with E-state index >= 15 is 0 Å². The normalized spacial score (nSPS) is 8.38. The van der Waals surface area contributed by atoms with Gasteiger partial charge in [-0.2, -0.15) is 0 Å². The van der Waals surface area contributed by atoms with E-state index in [-0.39, 0.29) is 13.5 Å². The van der Waals surface area contributed by atoms with Crippen LogP contribution in [0.5, 0.6) is 0 Å². The van der Waals surface area contributed by atoms with Gasteiger partial charge in [0.1, 0.15) is 0 Å². The van der Waals surface area contributed by atoms with Crippen LogP contribution in [-0.2, 0) is 0 Å². The molecule has 0 atom stereocenters. The Bertz CT molecular complexity index is 50.5. The molecule has 0 N–H and O–H groups in total. The third-order valence-electron chi connectivity index (χ3n) is 1.20. The van der Waals surface area contributed by atoms with Crippen molar-refractivity contribution in [3.05, 3.63) is 12.3 Å². The van der Waals surface area contributed by atoms with Gasteiger partial charge in [-0.25, -0.2) is 0 Å². The molecule has 1 radical (unpaired) electrons. The maximum atomic E-state index is 3.75. The molecule has 0 fully saturated rings. The highest BCUT2D eigenvalue weighted by molar-refractivity contribution is 6.63. The largest absolute Gasteiger partial charge is 0.269 e. The lowest BCUT2D eigenvalue weighted by Crippen LogP contribution is -2.02. The number of rotatable bonds is 3. The highest BCUT2D eigenvalue weighted by Crippen LogP contribution is 1.96. The van der Waals surface area contributed by atoms with E-state index in [4.69, 9.17) is 0 Å². The number of hydrogen-bond acceptors (Lipinski definition) is 0. The Morgan fingerprint density at radius 3 is 1.75 bits per heavy atom. The molecule has 0 rings (SSSR count). The number of halogens is 1. The van der Waals surface area contributed by atoms with E-state index in [1.807, 2.05) is 0 Å². The first-order chi connectivity index (χ1) is 3.35. The lowest BCUT2D eigenvalue weighted by Gasteiger charge is -1.98. The SMILES string of the molecule is C=C[Si](CC)CC.F. The second-order valence-electron chi connectivity index (χ2n) is 1.57. The zero-order valence-electron chi connectivity index (χ0n) is 5.61. The lowest BCUT2D eigenvalue weighted by molar-refractivity contribution is 1.11. The molecule has 0 unspecified atom stereocenters. The van der Waals surface area contributed by atoms with Gasteiger partial charge in [-0.05, 0) is 0 Å². The molecule has 0 aliphatic carbocycles. The summed E-state index contributed by atoms with van der Waals surface area (Å²) >= 11 is 0. The summed E-state index contributed by atoms with van der Waals surface area (Å²) in [5, 5.41) is 0. The Labute approximate surface area is 52.6 Å².